The maximum atomic E-state index is 2.32. The van der Waals surface area contributed by atoms with E-state index in [-0.39, 0.29) is 0 Å². The van der Waals surface area contributed by atoms with E-state index in [9.17, 15) is 0 Å². The van der Waals surface area contributed by atoms with E-state index in [0.717, 1.165) is 12.3 Å². The zero-order valence-corrected chi connectivity index (χ0v) is 17.4. The van der Waals surface area contributed by atoms with E-state index in [4.69, 9.17) is 0 Å². The Morgan fingerprint density at radius 1 is 0.864 bits per heavy atom. The first-order valence-electron chi connectivity index (χ1n) is 9.86. The topological polar surface area (TPSA) is 0 Å². The summed E-state index contributed by atoms with van der Waals surface area (Å²) in [5.41, 5.74) is 3.19. The van der Waals surface area contributed by atoms with Gasteiger partial charge in [-0.15, -0.1) is 0 Å². The summed E-state index contributed by atoms with van der Waals surface area (Å²) in [6, 6.07) is 0. The smallest absolute Gasteiger partial charge is 0.0225 e. The minimum absolute atomic E-state index is 0.825. The van der Waals surface area contributed by atoms with Crippen molar-refractivity contribution in [1.29, 1.82) is 0 Å². The molecule has 134 valence electrons. The van der Waals surface area contributed by atoms with Crippen LogP contribution in [0.3, 0.4) is 0 Å². The molecule has 0 aromatic carbocycles. The average Bonchev–Trinajstić information content (AvgIpc) is 2.86. The lowest BCUT2D eigenvalue weighted by atomic mass is 10.1. The van der Waals surface area contributed by atoms with Crippen molar-refractivity contribution in [3.63, 3.8) is 0 Å². The molecule has 1 aliphatic carbocycles. The van der Waals surface area contributed by atoms with Gasteiger partial charge in [-0.05, 0) is 37.7 Å². The highest BCUT2D eigenvalue weighted by molar-refractivity contribution is 5.29. The first-order chi connectivity index (χ1) is 10.5. The van der Waals surface area contributed by atoms with Crippen LogP contribution in [0.1, 0.15) is 114 Å². The molecule has 0 saturated carbocycles. The molecule has 0 fully saturated rings. The quantitative estimate of drug-likeness (QED) is 0.487. The average molecular weight is 311 g/mol. The lowest BCUT2D eigenvalue weighted by molar-refractivity contribution is 0.669. The molecule has 1 unspecified atom stereocenters. The number of unbranched alkanes of at least 4 members (excludes halogenated alkanes) is 2. The molecule has 0 heterocycles. The number of rotatable bonds is 4. The van der Waals surface area contributed by atoms with Crippen LogP contribution in [-0.4, -0.2) is 0 Å². The van der Waals surface area contributed by atoms with Crippen molar-refractivity contribution in [2.75, 3.05) is 0 Å². The van der Waals surface area contributed by atoms with Gasteiger partial charge in [0.15, 0.2) is 0 Å². The van der Waals surface area contributed by atoms with Crippen LogP contribution in [0.15, 0.2) is 23.3 Å². The predicted octanol–water partition coefficient (Wildman–Crippen LogP) is 8.73. The Kier molecular flexibility index (Phi) is 27.3. The van der Waals surface area contributed by atoms with Crippen LogP contribution in [0.25, 0.3) is 0 Å². The molecule has 0 nitrogen and oxygen atoms in total. The third-order valence-corrected chi connectivity index (χ3v) is 3.65. The van der Waals surface area contributed by atoms with Crippen molar-refractivity contribution in [3.05, 3.63) is 23.3 Å². The standard InChI is InChI=1S/C11H18.2C4H10.C3H8/c1-4-5-6-11-8-7-9(2)10(11)3;2*1-3-4-2;1-3-2/h5-6,9H,4,7-8H2,1-3H3;2*3-4H2,1-2H3;3H2,1-2H3/b6-5-;;;. The molecule has 1 rings (SSSR count). The summed E-state index contributed by atoms with van der Waals surface area (Å²) in [5, 5.41) is 0. The summed E-state index contributed by atoms with van der Waals surface area (Å²) >= 11 is 0. The first-order valence-corrected chi connectivity index (χ1v) is 9.86. The molecule has 0 radical (unpaired) electrons. The maximum Gasteiger partial charge on any atom is -0.0225 e. The molecule has 0 heteroatoms. The molecule has 0 bridgehead atoms. The van der Waals surface area contributed by atoms with E-state index < -0.39 is 0 Å². The van der Waals surface area contributed by atoms with Gasteiger partial charge in [-0.3, -0.25) is 0 Å². The van der Waals surface area contributed by atoms with Crippen molar-refractivity contribution >= 4 is 0 Å². The first kappa shape index (κ1) is 26.4. The van der Waals surface area contributed by atoms with Gasteiger partial charge in [0.05, 0.1) is 0 Å². The van der Waals surface area contributed by atoms with E-state index in [0.29, 0.717) is 0 Å². The van der Waals surface area contributed by atoms with E-state index in [1.165, 1.54) is 44.9 Å². The highest BCUT2D eigenvalue weighted by Crippen LogP contribution is 2.31. The van der Waals surface area contributed by atoms with E-state index in [1.54, 1.807) is 11.1 Å². The summed E-state index contributed by atoms with van der Waals surface area (Å²) in [6.45, 7) is 19.7. The van der Waals surface area contributed by atoms with Crippen molar-refractivity contribution < 1.29 is 0 Å². The van der Waals surface area contributed by atoms with Crippen LogP contribution < -0.4 is 0 Å². The van der Waals surface area contributed by atoms with Gasteiger partial charge in [0.2, 0.25) is 0 Å². The highest BCUT2D eigenvalue weighted by atomic mass is 14.2. The van der Waals surface area contributed by atoms with Gasteiger partial charge >= 0.3 is 0 Å². The largest absolute Gasteiger partial charge is 0.0845 e. The molecular weight excluding hydrogens is 264 g/mol. The Morgan fingerprint density at radius 2 is 1.27 bits per heavy atom. The van der Waals surface area contributed by atoms with E-state index in [2.05, 4.69) is 74.5 Å². The number of hydrogen-bond acceptors (Lipinski definition) is 0. The highest BCUT2D eigenvalue weighted by Gasteiger charge is 2.15. The minimum atomic E-state index is 0.825. The van der Waals surface area contributed by atoms with Gasteiger partial charge in [0, 0.05) is 0 Å². The SMILES string of the molecule is CC/C=C\C1=C(C)C(C)CC1.CCC.CCCC.CCCC. The fraction of sp³-hybridized carbons (Fsp3) is 0.818. The lowest BCUT2D eigenvalue weighted by Gasteiger charge is -2.00. The Morgan fingerprint density at radius 3 is 1.50 bits per heavy atom. The minimum Gasteiger partial charge on any atom is -0.0845 e. The van der Waals surface area contributed by atoms with Gasteiger partial charge in [0.25, 0.3) is 0 Å². The normalized spacial score (nSPS) is 16.3. The second-order valence-corrected chi connectivity index (χ2v) is 6.17. The molecule has 0 amide bonds. The molecule has 0 spiro atoms. The van der Waals surface area contributed by atoms with Crippen LogP contribution in [0, 0.1) is 5.92 Å². The molecule has 0 aromatic heterocycles. The molecule has 22 heavy (non-hydrogen) atoms. The van der Waals surface area contributed by atoms with Crippen molar-refractivity contribution in [2.24, 2.45) is 5.92 Å². The van der Waals surface area contributed by atoms with Crippen LogP contribution in [0.2, 0.25) is 0 Å². The third-order valence-electron chi connectivity index (χ3n) is 3.65. The lowest BCUT2D eigenvalue weighted by Crippen LogP contribution is -1.86. The number of allylic oxidation sites excluding steroid dienone is 4. The second kappa shape index (κ2) is 22.8. The Hall–Kier alpha value is -0.520. The van der Waals surface area contributed by atoms with Crippen molar-refractivity contribution in [1.82, 2.24) is 0 Å². The van der Waals surface area contributed by atoms with Gasteiger partial charge in [-0.25, -0.2) is 0 Å². The fourth-order valence-corrected chi connectivity index (χ4v) is 1.58. The summed E-state index contributed by atoms with van der Waals surface area (Å²) < 4.78 is 0. The van der Waals surface area contributed by atoms with Gasteiger partial charge in [-0.2, -0.15) is 0 Å². The fourth-order valence-electron chi connectivity index (χ4n) is 1.58. The van der Waals surface area contributed by atoms with E-state index in [1.807, 2.05) is 0 Å². The van der Waals surface area contributed by atoms with E-state index >= 15 is 0 Å². The Balaban J connectivity index is -0.000000273. The van der Waals surface area contributed by atoms with Crippen LogP contribution in [0.4, 0.5) is 0 Å². The zero-order chi connectivity index (χ0) is 17.8. The monoisotopic (exact) mass is 310 g/mol. The number of hydrogen-bond donors (Lipinski definition) is 0. The molecule has 1 aliphatic rings. The second-order valence-electron chi connectivity index (χ2n) is 6.17. The Labute approximate surface area is 143 Å². The molecule has 0 aromatic rings. The molecular formula is C22H46. The summed E-state index contributed by atoms with van der Waals surface area (Å²) in [5.74, 6) is 0.825. The zero-order valence-electron chi connectivity index (χ0n) is 17.4. The third kappa shape index (κ3) is 19.5. The maximum absolute atomic E-state index is 2.32. The molecule has 1 atom stereocenters. The van der Waals surface area contributed by atoms with Crippen molar-refractivity contribution in [2.45, 2.75) is 114 Å². The van der Waals surface area contributed by atoms with Crippen LogP contribution in [0.5, 0.6) is 0 Å². The molecule has 0 saturated heterocycles. The predicted molar refractivity (Wildman–Crippen MR) is 108 cm³/mol. The Bertz CT molecular complexity index is 237. The summed E-state index contributed by atoms with van der Waals surface area (Å²) in [7, 11) is 0. The summed E-state index contributed by atoms with van der Waals surface area (Å²) in [6.07, 6.45) is 14.9. The molecule has 0 aliphatic heterocycles. The van der Waals surface area contributed by atoms with Gasteiger partial charge in [0.1, 0.15) is 0 Å². The van der Waals surface area contributed by atoms with Crippen molar-refractivity contribution in [3.8, 4) is 0 Å². The molecule has 0 N–H and O–H groups in total. The van der Waals surface area contributed by atoms with Crippen LogP contribution >= 0.6 is 0 Å². The van der Waals surface area contributed by atoms with Gasteiger partial charge in [-0.1, -0.05) is 105 Å². The van der Waals surface area contributed by atoms with Gasteiger partial charge < -0.3 is 0 Å². The van der Waals surface area contributed by atoms with Crippen LogP contribution in [-0.2, 0) is 0 Å². The summed E-state index contributed by atoms with van der Waals surface area (Å²) in [4.78, 5) is 0.